The van der Waals surface area contributed by atoms with Crippen LogP contribution < -0.4 is 20.1 Å². The molecular formula is C26H35N5O2. The van der Waals surface area contributed by atoms with E-state index in [9.17, 15) is 0 Å². The van der Waals surface area contributed by atoms with E-state index in [1.54, 1.807) is 7.05 Å². The first-order valence-corrected chi connectivity index (χ1v) is 11.5. The molecule has 2 aromatic carbocycles. The summed E-state index contributed by atoms with van der Waals surface area (Å²) >= 11 is 0. The number of imidazole rings is 1. The third-order valence-electron chi connectivity index (χ3n) is 5.37. The van der Waals surface area contributed by atoms with Crippen molar-refractivity contribution in [1.29, 1.82) is 0 Å². The largest absolute Gasteiger partial charge is 0.490 e. The molecule has 0 amide bonds. The van der Waals surface area contributed by atoms with Crippen LogP contribution in [0.2, 0.25) is 0 Å². The van der Waals surface area contributed by atoms with Crippen LogP contribution >= 0.6 is 0 Å². The minimum absolute atomic E-state index is 0.0432. The molecule has 0 aliphatic rings. The summed E-state index contributed by atoms with van der Waals surface area (Å²) in [6, 6.07) is 14.7. The molecule has 0 saturated carbocycles. The van der Waals surface area contributed by atoms with E-state index >= 15 is 0 Å². The number of rotatable bonds is 10. The Labute approximate surface area is 196 Å². The van der Waals surface area contributed by atoms with E-state index in [0.717, 1.165) is 35.4 Å². The number of aliphatic imine (C=N–C) groups is 1. The van der Waals surface area contributed by atoms with Gasteiger partial charge in [-0.2, -0.15) is 0 Å². The molecule has 1 unspecified atom stereocenters. The number of aryl methyl sites for hydroxylation is 1. The highest BCUT2D eigenvalue weighted by Crippen LogP contribution is 2.30. The molecule has 0 fully saturated rings. The Morgan fingerprint density at radius 2 is 1.82 bits per heavy atom. The number of hydrogen-bond acceptors (Lipinski definition) is 4. The van der Waals surface area contributed by atoms with Gasteiger partial charge in [0.25, 0.3) is 0 Å². The fourth-order valence-corrected chi connectivity index (χ4v) is 3.61. The molecule has 0 bridgehead atoms. The molecule has 1 aromatic heterocycles. The lowest BCUT2D eigenvalue weighted by atomic mass is 10.1. The number of nitrogens with zero attached hydrogens (tertiary/aromatic N) is 3. The Hall–Kier alpha value is -3.48. The molecule has 3 aromatic rings. The summed E-state index contributed by atoms with van der Waals surface area (Å²) in [7, 11) is 1.78. The van der Waals surface area contributed by atoms with Gasteiger partial charge in [0, 0.05) is 32.5 Å². The van der Waals surface area contributed by atoms with Crippen molar-refractivity contribution in [2.75, 3.05) is 20.3 Å². The molecule has 0 aliphatic carbocycles. The summed E-state index contributed by atoms with van der Waals surface area (Å²) in [5.74, 6) is 3.28. The summed E-state index contributed by atoms with van der Waals surface area (Å²) in [5.41, 5.74) is 3.53. The molecule has 33 heavy (non-hydrogen) atoms. The Kier molecular flexibility index (Phi) is 8.75. The van der Waals surface area contributed by atoms with Crippen LogP contribution in [0.15, 0.2) is 59.9 Å². The summed E-state index contributed by atoms with van der Waals surface area (Å²) in [6.45, 7) is 10.7. The van der Waals surface area contributed by atoms with E-state index in [0.29, 0.717) is 19.8 Å². The molecule has 7 nitrogen and oxygen atoms in total. The van der Waals surface area contributed by atoms with Crippen LogP contribution in [-0.4, -0.2) is 35.8 Å². The van der Waals surface area contributed by atoms with Gasteiger partial charge in [0.05, 0.1) is 19.3 Å². The van der Waals surface area contributed by atoms with Gasteiger partial charge in [-0.3, -0.25) is 4.99 Å². The summed E-state index contributed by atoms with van der Waals surface area (Å²) < 4.78 is 13.6. The van der Waals surface area contributed by atoms with Crippen LogP contribution in [0, 0.1) is 6.92 Å². The van der Waals surface area contributed by atoms with E-state index in [1.807, 2.05) is 45.3 Å². The monoisotopic (exact) mass is 449 g/mol. The summed E-state index contributed by atoms with van der Waals surface area (Å²) in [4.78, 5) is 8.70. The zero-order valence-corrected chi connectivity index (χ0v) is 20.3. The highest BCUT2D eigenvalue weighted by atomic mass is 16.5. The van der Waals surface area contributed by atoms with Crippen molar-refractivity contribution in [3.63, 3.8) is 0 Å². The maximum Gasteiger partial charge on any atom is 0.191 e. The van der Waals surface area contributed by atoms with Crippen molar-refractivity contribution in [1.82, 2.24) is 20.2 Å². The molecule has 0 spiro atoms. The molecule has 3 rings (SSSR count). The molecule has 176 valence electrons. The number of aromatic nitrogens is 2. The first-order chi connectivity index (χ1) is 16.0. The molecule has 2 N–H and O–H groups in total. The SMILES string of the molecule is CCOc1ccc(C(C)NC(=NC)NCc2cccc(Cn3ccnc3C)c2)cc1OCC. The molecule has 1 heterocycles. The lowest BCUT2D eigenvalue weighted by Gasteiger charge is -2.20. The van der Waals surface area contributed by atoms with Crippen LogP contribution in [0.25, 0.3) is 0 Å². The Morgan fingerprint density at radius 3 is 2.52 bits per heavy atom. The fourth-order valence-electron chi connectivity index (χ4n) is 3.61. The maximum atomic E-state index is 5.77. The van der Waals surface area contributed by atoms with Gasteiger partial charge in [0.1, 0.15) is 5.82 Å². The van der Waals surface area contributed by atoms with Crippen molar-refractivity contribution in [3.8, 4) is 11.5 Å². The zero-order valence-electron chi connectivity index (χ0n) is 20.3. The van der Waals surface area contributed by atoms with Crippen LogP contribution in [0.1, 0.15) is 49.3 Å². The van der Waals surface area contributed by atoms with Gasteiger partial charge in [-0.1, -0.05) is 30.3 Å². The predicted molar refractivity (Wildman–Crippen MR) is 133 cm³/mol. The van der Waals surface area contributed by atoms with E-state index in [4.69, 9.17) is 9.47 Å². The van der Waals surface area contributed by atoms with Gasteiger partial charge in [-0.25, -0.2) is 4.98 Å². The van der Waals surface area contributed by atoms with E-state index in [1.165, 1.54) is 11.1 Å². The van der Waals surface area contributed by atoms with Crippen LogP contribution in [0.3, 0.4) is 0 Å². The Balaban J connectivity index is 1.61. The van der Waals surface area contributed by atoms with Crippen molar-refractivity contribution < 1.29 is 9.47 Å². The Bertz CT molecular complexity index is 1060. The first-order valence-electron chi connectivity index (χ1n) is 11.5. The van der Waals surface area contributed by atoms with Crippen molar-refractivity contribution in [2.45, 2.75) is 46.8 Å². The van der Waals surface area contributed by atoms with Crippen molar-refractivity contribution >= 4 is 5.96 Å². The number of hydrogen-bond donors (Lipinski definition) is 2. The van der Waals surface area contributed by atoms with Gasteiger partial charge < -0.3 is 24.7 Å². The van der Waals surface area contributed by atoms with Crippen molar-refractivity contribution in [2.24, 2.45) is 4.99 Å². The first kappa shape index (κ1) is 24.2. The fraction of sp³-hybridized carbons (Fsp3) is 0.385. The molecule has 7 heteroatoms. The molecule has 0 radical (unpaired) electrons. The van der Waals surface area contributed by atoms with Gasteiger partial charge >= 0.3 is 0 Å². The standard InChI is InChI=1S/C26H35N5O2/c1-6-32-24-12-11-23(16-25(24)33-7-2)19(3)30-26(27-5)29-17-21-9-8-10-22(15-21)18-31-14-13-28-20(31)4/h8-16,19H,6-7,17-18H2,1-5H3,(H2,27,29,30). The summed E-state index contributed by atoms with van der Waals surface area (Å²) in [6.07, 6.45) is 3.84. The minimum atomic E-state index is 0.0432. The number of benzene rings is 2. The molecule has 0 saturated heterocycles. The van der Waals surface area contributed by atoms with Crippen LogP contribution in [0.4, 0.5) is 0 Å². The second-order valence-electron chi connectivity index (χ2n) is 7.79. The molecular weight excluding hydrogens is 414 g/mol. The number of guanidine groups is 1. The average Bonchev–Trinajstić information content (AvgIpc) is 3.22. The predicted octanol–water partition coefficient (Wildman–Crippen LogP) is 4.46. The second kappa shape index (κ2) is 11.9. The minimum Gasteiger partial charge on any atom is -0.490 e. The van der Waals surface area contributed by atoms with Crippen molar-refractivity contribution in [3.05, 3.63) is 77.4 Å². The highest BCUT2D eigenvalue weighted by molar-refractivity contribution is 5.80. The normalized spacial score (nSPS) is 12.3. The number of nitrogens with one attached hydrogen (secondary N) is 2. The van der Waals surface area contributed by atoms with E-state index in [2.05, 4.69) is 62.4 Å². The lowest BCUT2D eigenvalue weighted by Crippen LogP contribution is -2.38. The van der Waals surface area contributed by atoms with E-state index < -0.39 is 0 Å². The van der Waals surface area contributed by atoms with Gasteiger partial charge in [0.15, 0.2) is 17.5 Å². The van der Waals surface area contributed by atoms with Crippen LogP contribution in [-0.2, 0) is 13.1 Å². The quantitative estimate of drug-likeness (QED) is 0.353. The second-order valence-corrected chi connectivity index (χ2v) is 7.79. The third-order valence-corrected chi connectivity index (χ3v) is 5.37. The number of ether oxygens (including phenoxy) is 2. The summed E-state index contributed by atoms with van der Waals surface area (Å²) in [5, 5.41) is 6.88. The molecule has 1 atom stereocenters. The smallest absolute Gasteiger partial charge is 0.191 e. The average molecular weight is 450 g/mol. The van der Waals surface area contributed by atoms with E-state index in [-0.39, 0.29) is 6.04 Å². The Morgan fingerprint density at radius 1 is 1.06 bits per heavy atom. The van der Waals surface area contributed by atoms with Gasteiger partial charge in [-0.05, 0) is 56.5 Å². The van der Waals surface area contributed by atoms with Crippen LogP contribution in [0.5, 0.6) is 11.5 Å². The maximum absolute atomic E-state index is 5.77. The van der Waals surface area contributed by atoms with Gasteiger partial charge in [0.2, 0.25) is 0 Å². The topological polar surface area (TPSA) is 72.7 Å². The van der Waals surface area contributed by atoms with Gasteiger partial charge in [-0.15, -0.1) is 0 Å². The lowest BCUT2D eigenvalue weighted by molar-refractivity contribution is 0.287. The zero-order chi connectivity index (χ0) is 23.6. The third kappa shape index (κ3) is 6.75. The molecule has 0 aliphatic heterocycles. The highest BCUT2D eigenvalue weighted by Gasteiger charge is 2.12.